The molecule has 1 aromatic rings. The highest BCUT2D eigenvalue weighted by atomic mass is 35.5. The number of benzene rings is 1. The predicted octanol–water partition coefficient (Wildman–Crippen LogP) is 0.627. The first-order valence-corrected chi connectivity index (χ1v) is 11.0. The van der Waals surface area contributed by atoms with Crippen LogP contribution in [0.3, 0.4) is 0 Å². The molecule has 3 rings (SSSR count). The highest BCUT2D eigenvalue weighted by Crippen LogP contribution is 2.36. The first-order chi connectivity index (χ1) is 13.0. The summed E-state index contributed by atoms with van der Waals surface area (Å²) in [6.07, 6.45) is 0.0759. The number of alkyl halides is 1. The largest absolute Gasteiger partial charge is 0.386 e. The molecule has 0 radical (unpaired) electrons. The second-order valence-electron chi connectivity index (χ2n) is 7.27. The number of carbonyl (C=O) groups is 1. The van der Waals surface area contributed by atoms with Crippen molar-refractivity contribution in [1.29, 1.82) is 0 Å². The van der Waals surface area contributed by atoms with Crippen LogP contribution in [0.15, 0.2) is 23.2 Å². The maximum Gasteiger partial charge on any atom is 0.244 e. The molecule has 1 saturated heterocycles. The Morgan fingerprint density at radius 1 is 1.46 bits per heavy atom. The van der Waals surface area contributed by atoms with Crippen LogP contribution in [0.5, 0.6) is 0 Å². The highest BCUT2D eigenvalue weighted by molar-refractivity contribution is 7.92. The molecular weight excluding hydrogens is 409 g/mol. The summed E-state index contributed by atoms with van der Waals surface area (Å²) in [6.45, 7) is 3.54. The molecule has 28 heavy (non-hydrogen) atoms. The minimum Gasteiger partial charge on any atom is -0.386 e. The number of hydrogen-bond donors (Lipinski definition) is 4. The molecule has 1 aromatic carbocycles. The maximum absolute atomic E-state index is 14.6. The lowest BCUT2D eigenvalue weighted by molar-refractivity contribution is -0.117. The Morgan fingerprint density at radius 2 is 2.18 bits per heavy atom. The van der Waals surface area contributed by atoms with E-state index in [1.165, 1.54) is 25.1 Å². The normalized spacial score (nSPS) is 32.4. The third kappa shape index (κ3) is 4.00. The van der Waals surface area contributed by atoms with Crippen molar-refractivity contribution in [2.24, 2.45) is 10.7 Å². The number of hydrogen-bond acceptors (Lipinski definition) is 7. The van der Waals surface area contributed by atoms with Gasteiger partial charge in [0.2, 0.25) is 5.91 Å². The highest BCUT2D eigenvalue weighted by Gasteiger charge is 2.38. The van der Waals surface area contributed by atoms with E-state index in [1.54, 1.807) is 6.92 Å². The zero-order valence-corrected chi connectivity index (χ0v) is 17.1. The molecule has 154 valence electrons. The molecule has 8 nitrogen and oxygen atoms in total. The summed E-state index contributed by atoms with van der Waals surface area (Å²) in [7, 11) is -3.46. The number of amides is 1. The molecule has 1 amide bonds. The Kier molecular flexibility index (Phi) is 5.68. The van der Waals surface area contributed by atoms with Crippen molar-refractivity contribution < 1.29 is 17.6 Å². The van der Waals surface area contributed by atoms with Gasteiger partial charge in [0, 0.05) is 17.8 Å². The molecule has 0 aromatic heterocycles. The Hall–Kier alpha value is -1.75. The third-order valence-corrected chi connectivity index (χ3v) is 7.72. The van der Waals surface area contributed by atoms with E-state index in [-0.39, 0.29) is 29.5 Å². The average Bonchev–Trinajstić information content (AvgIpc) is 3.04. The first-order valence-electron chi connectivity index (χ1n) is 8.84. The number of amidine groups is 1. The van der Waals surface area contributed by atoms with Crippen molar-refractivity contribution in [3.63, 3.8) is 0 Å². The molecule has 0 spiro atoms. The third-order valence-electron chi connectivity index (χ3n) is 5.22. The van der Waals surface area contributed by atoms with Crippen LogP contribution in [-0.4, -0.2) is 49.1 Å². The average molecular weight is 432 g/mol. The number of sulfone groups is 1. The second kappa shape index (κ2) is 7.58. The van der Waals surface area contributed by atoms with Gasteiger partial charge in [-0.1, -0.05) is 0 Å². The number of carbonyl (C=O) groups excluding carboxylic acids is 1. The van der Waals surface area contributed by atoms with Gasteiger partial charge in [0.25, 0.3) is 0 Å². The lowest BCUT2D eigenvalue weighted by atomic mass is 9.89. The number of hydrazine groups is 1. The quantitative estimate of drug-likeness (QED) is 0.520. The van der Waals surface area contributed by atoms with E-state index in [1.807, 2.05) is 0 Å². The number of halogens is 2. The standard InChI is InChI=1S/C17H23ClFN5O3S/c1-9-15(20)23-17(2,5-6-28(9,26)27)11-7-10(3-4-13(11)19)22-16(25)14-12(18)8-21-24-14/h3-4,7,9,12,14,21,24H,5-6,8H2,1-2H3,(H2,20,23)(H,22,25)/t9?,12?,14?,17-/m0/s1. The van der Waals surface area contributed by atoms with Gasteiger partial charge in [-0.2, -0.15) is 0 Å². The summed E-state index contributed by atoms with van der Waals surface area (Å²) < 4.78 is 39.2. The van der Waals surface area contributed by atoms with Gasteiger partial charge in [-0.15, -0.1) is 11.6 Å². The number of rotatable bonds is 3. The van der Waals surface area contributed by atoms with Gasteiger partial charge in [0.1, 0.15) is 22.9 Å². The Balaban J connectivity index is 1.92. The smallest absolute Gasteiger partial charge is 0.244 e. The first kappa shape index (κ1) is 21.0. The molecule has 1 fully saturated rings. The van der Waals surface area contributed by atoms with Gasteiger partial charge in [0.05, 0.1) is 16.7 Å². The Morgan fingerprint density at radius 3 is 2.82 bits per heavy atom. The zero-order chi connectivity index (χ0) is 20.7. The van der Waals surface area contributed by atoms with E-state index < -0.39 is 37.9 Å². The van der Waals surface area contributed by atoms with Crippen LogP contribution in [0.1, 0.15) is 25.8 Å². The van der Waals surface area contributed by atoms with Crippen LogP contribution in [0, 0.1) is 5.82 Å². The molecular formula is C17H23ClFN5O3S. The van der Waals surface area contributed by atoms with E-state index in [4.69, 9.17) is 17.3 Å². The molecule has 0 saturated carbocycles. The fourth-order valence-corrected chi connectivity index (χ4v) is 4.98. The van der Waals surface area contributed by atoms with E-state index >= 15 is 0 Å². The van der Waals surface area contributed by atoms with E-state index in [0.29, 0.717) is 12.2 Å². The predicted molar refractivity (Wildman–Crippen MR) is 106 cm³/mol. The fraction of sp³-hybridized carbons (Fsp3) is 0.529. The lowest BCUT2D eigenvalue weighted by Gasteiger charge is -2.26. The molecule has 2 aliphatic rings. The molecule has 0 aliphatic carbocycles. The molecule has 11 heteroatoms. The van der Waals surface area contributed by atoms with Gasteiger partial charge in [-0.05, 0) is 38.5 Å². The second-order valence-corrected chi connectivity index (χ2v) is 10.3. The molecule has 5 N–H and O–H groups in total. The molecule has 2 heterocycles. The summed E-state index contributed by atoms with van der Waals surface area (Å²) in [5, 5.41) is 1.35. The maximum atomic E-state index is 14.6. The van der Waals surface area contributed by atoms with Crippen LogP contribution in [0.2, 0.25) is 0 Å². The van der Waals surface area contributed by atoms with Crippen molar-refractivity contribution in [2.75, 3.05) is 17.6 Å². The Bertz CT molecular complexity index is 925. The van der Waals surface area contributed by atoms with Gasteiger partial charge < -0.3 is 11.1 Å². The summed E-state index contributed by atoms with van der Waals surface area (Å²) in [4.78, 5) is 16.7. The van der Waals surface area contributed by atoms with Crippen molar-refractivity contribution in [2.45, 2.75) is 42.5 Å². The number of nitrogens with one attached hydrogen (secondary N) is 3. The Labute approximate surface area is 168 Å². The van der Waals surface area contributed by atoms with Crippen LogP contribution in [0.4, 0.5) is 10.1 Å². The van der Waals surface area contributed by atoms with Gasteiger partial charge in [0.15, 0.2) is 9.84 Å². The van der Waals surface area contributed by atoms with Crippen LogP contribution in [-0.2, 0) is 20.2 Å². The van der Waals surface area contributed by atoms with E-state index in [9.17, 15) is 17.6 Å². The molecule has 3 unspecified atom stereocenters. The summed E-state index contributed by atoms with van der Waals surface area (Å²) in [6, 6.07) is 3.46. The number of nitrogens with two attached hydrogens (primary N) is 1. The van der Waals surface area contributed by atoms with Gasteiger partial charge in [-0.25, -0.2) is 18.2 Å². The topological polar surface area (TPSA) is 126 Å². The number of aliphatic imine (C=N–C) groups is 1. The minimum absolute atomic E-state index is 0.0555. The van der Waals surface area contributed by atoms with E-state index in [0.717, 1.165) is 0 Å². The van der Waals surface area contributed by atoms with Crippen molar-refractivity contribution in [3.8, 4) is 0 Å². The fourth-order valence-electron chi connectivity index (χ4n) is 3.27. The number of anilines is 1. The monoisotopic (exact) mass is 431 g/mol. The van der Waals surface area contributed by atoms with E-state index in [2.05, 4.69) is 21.2 Å². The zero-order valence-electron chi connectivity index (χ0n) is 15.5. The van der Waals surface area contributed by atoms with Crippen molar-refractivity contribution in [3.05, 3.63) is 29.6 Å². The lowest BCUT2D eigenvalue weighted by Crippen LogP contribution is -2.42. The van der Waals surface area contributed by atoms with Crippen LogP contribution < -0.4 is 21.9 Å². The summed E-state index contributed by atoms with van der Waals surface area (Å²) in [5.41, 5.74) is 10.8. The van der Waals surface area contributed by atoms with Gasteiger partial charge in [-0.3, -0.25) is 15.2 Å². The SMILES string of the molecule is CC1C(N)=N[C@](C)(c2cc(NC(=O)C3NNCC3Cl)ccc2F)CCS1(=O)=O. The molecule has 2 aliphatic heterocycles. The molecule has 0 bridgehead atoms. The van der Waals surface area contributed by atoms with Crippen LogP contribution in [0.25, 0.3) is 0 Å². The van der Waals surface area contributed by atoms with Gasteiger partial charge >= 0.3 is 0 Å². The number of nitrogens with zero attached hydrogens (tertiary/aromatic N) is 1. The molecule has 4 atom stereocenters. The summed E-state index contributed by atoms with van der Waals surface area (Å²) in [5.74, 6) is -1.15. The van der Waals surface area contributed by atoms with Crippen molar-refractivity contribution in [1.82, 2.24) is 10.9 Å². The van der Waals surface area contributed by atoms with Crippen LogP contribution >= 0.6 is 11.6 Å². The summed E-state index contributed by atoms with van der Waals surface area (Å²) >= 11 is 6.08. The minimum atomic E-state index is -3.46. The van der Waals surface area contributed by atoms with Crippen molar-refractivity contribution >= 4 is 38.9 Å².